The van der Waals surface area contributed by atoms with Crippen LogP contribution in [0, 0.1) is 12.7 Å². The van der Waals surface area contributed by atoms with Crippen LogP contribution in [0.15, 0.2) is 59.5 Å². The molecule has 1 saturated heterocycles. The monoisotopic (exact) mass is 490 g/mol. The van der Waals surface area contributed by atoms with E-state index in [-0.39, 0.29) is 11.8 Å². The van der Waals surface area contributed by atoms with Crippen LogP contribution >= 0.6 is 11.3 Å². The first-order valence-electron chi connectivity index (χ1n) is 11.0. The Kier molecular flexibility index (Phi) is 6.87. The molecule has 0 saturated carbocycles. The summed E-state index contributed by atoms with van der Waals surface area (Å²) in [6.45, 7) is 4.30. The van der Waals surface area contributed by atoms with Gasteiger partial charge in [-0.25, -0.2) is 14.8 Å². The Morgan fingerprint density at radius 3 is 2.74 bits per heavy atom. The van der Waals surface area contributed by atoms with Gasteiger partial charge < -0.3 is 15.0 Å². The Morgan fingerprint density at radius 2 is 1.97 bits per heavy atom. The van der Waals surface area contributed by atoms with Gasteiger partial charge in [-0.15, -0.1) is 11.3 Å². The maximum absolute atomic E-state index is 14.2. The molecule has 1 aromatic carbocycles. The van der Waals surface area contributed by atoms with Crippen LogP contribution in [0.25, 0.3) is 10.4 Å². The minimum atomic E-state index is -0.473. The molecule has 9 nitrogen and oxygen atoms in total. The van der Waals surface area contributed by atoms with Gasteiger partial charge in [-0.1, -0.05) is 6.07 Å². The van der Waals surface area contributed by atoms with Crippen molar-refractivity contribution in [2.45, 2.75) is 6.92 Å². The highest BCUT2D eigenvalue weighted by Gasteiger charge is 2.17. The maximum atomic E-state index is 14.2. The lowest BCUT2D eigenvalue weighted by Crippen LogP contribution is -2.37. The first-order chi connectivity index (χ1) is 17.1. The molecule has 4 heterocycles. The van der Waals surface area contributed by atoms with E-state index >= 15 is 0 Å². The van der Waals surface area contributed by atoms with E-state index in [2.05, 4.69) is 60.9 Å². The van der Waals surface area contributed by atoms with Crippen molar-refractivity contribution in [1.82, 2.24) is 19.9 Å². The molecule has 2 N–H and O–H groups in total. The van der Waals surface area contributed by atoms with Crippen molar-refractivity contribution in [2.24, 2.45) is 5.10 Å². The maximum Gasteiger partial charge on any atom is 0.245 e. The summed E-state index contributed by atoms with van der Waals surface area (Å²) in [5, 5.41) is 7.53. The molecule has 178 valence electrons. The summed E-state index contributed by atoms with van der Waals surface area (Å²) >= 11 is 1.61. The number of hydrogen-bond acceptors (Lipinski definition) is 10. The van der Waals surface area contributed by atoms with Crippen LogP contribution in [0.2, 0.25) is 0 Å². The van der Waals surface area contributed by atoms with Crippen LogP contribution < -0.4 is 15.6 Å². The molecule has 0 radical (unpaired) electrons. The van der Waals surface area contributed by atoms with Gasteiger partial charge in [0, 0.05) is 25.0 Å². The standard InChI is InChI=1S/C24H23FN8OS/c1-16-8-17(22-14-26-15-35-22)10-20(9-16)30-19-3-2-18(27-11-19)12-29-32-24-28-13-21(25)23(31-24)33-4-6-34-7-5-33/h2-3,8-15,30H,4-7H2,1H3,(H,28,31,32)/b29-12+. The Balaban J connectivity index is 1.22. The number of pyridine rings is 1. The number of nitrogens with zero attached hydrogens (tertiary/aromatic N) is 6. The molecule has 1 aliphatic heterocycles. The van der Waals surface area contributed by atoms with Crippen molar-refractivity contribution in [1.29, 1.82) is 0 Å². The average Bonchev–Trinajstić information content (AvgIpc) is 3.42. The van der Waals surface area contributed by atoms with Crippen LogP contribution in [0.1, 0.15) is 11.3 Å². The number of anilines is 4. The molecule has 11 heteroatoms. The molecule has 5 rings (SSSR count). The number of rotatable bonds is 7. The second kappa shape index (κ2) is 10.5. The highest BCUT2D eigenvalue weighted by molar-refractivity contribution is 7.13. The van der Waals surface area contributed by atoms with E-state index in [1.54, 1.807) is 23.7 Å². The van der Waals surface area contributed by atoms with Crippen molar-refractivity contribution in [3.05, 3.63) is 71.5 Å². The first kappa shape index (κ1) is 22.8. The number of morpholine rings is 1. The molecule has 1 aliphatic rings. The van der Waals surface area contributed by atoms with Crippen LogP contribution in [-0.2, 0) is 4.74 Å². The predicted octanol–water partition coefficient (Wildman–Crippen LogP) is 4.47. The molecule has 0 aliphatic carbocycles. The zero-order chi connectivity index (χ0) is 24.0. The molecule has 35 heavy (non-hydrogen) atoms. The van der Waals surface area contributed by atoms with E-state index in [1.807, 2.05) is 28.7 Å². The molecular formula is C24H23FN8OS. The second-order valence-corrected chi connectivity index (χ2v) is 8.77. The molecule has 0 bridgehead atoms. The molecular weight excluding hydrogens is 467 g/mol. The summed E-state index contributed by atoms with van der Waals surface area (Å²) in [5.41, 5.74) is 9.32. The van der Waals surface area contributed by atoms with Crippen molar-refractivity contribution >= 4 is 40.7 Å². The quantitative estimate of drug-likeness (QED) is 0.289. The number of nitrogens with one attached hydrogen (secondary N) is 2. The topological polar surface area (TPSA) is 100 Å². The third-order valence-electron chi connectivity index (χ3n) is 5.27. The van der Waals surface area contributed by atoms with E-state index < -0.39 is 5.82 Å². The summed E-state index contributed by atoms with van der Waals surface area (Å²) in [7, 11) is 0. The third-order valence-corrected chi connectivity index (χ3v) is 6.09. The van der Waals surface area contributed by atoms with Crippen molar-refractivity contribution in [3.63, 3.8) is 0 Å². The van der Waals surface area contributed by atoms with Gasteiger partial charge in [-0.05, 0) is 42.3 Å². The average molecular weight is 491 g/mol. The van der Waals surface area contributed by atoms with Gasteiger partial charge in [0.15, 0.2) is 11.6 Å². The van der Waals surface area contributed by atoms with E-state index in [9.17, 15) is 4.39 Å². The molecule has 0 unspecified atom stereocenters. The SMILES string of the molecule is Cc1cc(Nc2ccc(/C=N/Nc3ncc(F)c(N4CCOCC4)n3)nc2)cc(-c2cncs2)c1. The number of benzene rings is 1. The Bertz CT molecular complexity index is 1310. The van der Waals surface area contributed by atoms with Gasteiger partial charge >= 0.3 is 0 Å². The number of aryl methyl sites for hydroxylation is 1. The van der Waals surface area contributed by atoms with Gasteiger partial charge in [0.25, 0.3) is 0 Å². The number of ether oxygens (including phenoxy) is 1. The highest BCUT2D eigenvalue weighted by atomic mass is 32.1. The smallest absolute Gasteiger partial charge is 0.245 e. The minimum Gasteiger partial charge on any atom is -0.378 e. The zero-order valence-electron chi connectivity index (χ0n) is 19.0. The molecule has 3 aromatic heterocycles. The highest BCUT2D eigenvalue weighted by Crippen LogP contribution is 2.28. The van der Waals surface area contributed by atoms with E-state index in [1.165, 1.54) is 0 Å². The molecule has 4 aromatic rings. The number of hydrazone groups is 1. The lowest BCUT2D eigenvalue weighted by atomic mass is 10.1. The Labute approximate surface area is 205 Å². The van der Waals surface area contributed by atoms with E-state index in [0.29, 0.717) is 32.0 Å². The fourth-order valence-electron chi connectivity index (χ4n) is 3.64. The molecule has 0 amide bonds. The molecule has 1 fully saturated rings. The van der Waals surface area contributed by atoms with Crippen LogP contribution in [0.4, 0.5) is 27.5 Å². The van der Waals surface area contributed by atoms with Crippen molar-refractivity contribution < 1.29 is 9.13 Å². The first-order valence-corrected chi connectivity index (χ1v) is 11.9. The number of aromatic nitrogens is 4. The summed E-state index contributed by atoms with van der Waals surface area (Å²) in [6.07, 6.45) is 6.30. The Hall–Kier alpha value is -3.96. The van der Waals surface area contributed by atoms with E-state index in [4.69, 9.17) is 4.74 Å². The molecule has 0 atom stereocenters. The molecule has 0 spiro atoms. The predicted molar refractivity (Wildman–Crippen MR) is 136 cm³/mol. The minimum absolute atomic E-state index is 0.207. The fourth-order valence-corrected chi connectivity index (χ4v) is 4.25. The summed E-state index contributed by atoms with van der Waals surface area (Å²) < 4.78 is 19.5. The number of hydrogen-bond donors (Lipinski definition) is 2. The van der Waals surface area contributed by atoms with E-state index in [0.717, 1.165) is 33.6 Å². The summed E-state index contributed by atoms with van der Waals surface area (Å²) in [6, 6.07) is 10.1. The number of thiazole rings is 1. The van der Waals surface area contributed by atoms with Crippen LogP contribution in [-0.4, -0.2) is 52.5 Å². The Morgan fingerprint density at radius 1 is 1.09 bits per heavy atom. The van der Waals surface area contributed by atoms with Crippen LogP contribution in [0.3, 0.4) is 0 Å². The normalized spacial score (nSPS) is 13.8. The van der Waals surface area contributed by atoms with Gasteiger partial charge in [0.2, 0.25) is 5.95 Å². The van der Waals surface area contributed by atoms with Gasteiger partial charge in [-0.2, -0.15) is 10.1 Å². The lowest BCUT2D eigenvalue weighted by molar-refractivity contribution is 0.122. The summed E-state index contributed by atoms with van der Waals surface area (Å²) in [5.74, 6) is -0.0261. The van der Waals surface area contributed by atoms with Crippen molar-refractivity contribution in [2.75, 3.05) is 41.9 Å². The van der Waals surface area contributed by atoms with Gasteiger partial charge in [0.1, 0.15) is 0 Å². The lowest BCUT2D eigenvalue weighted by Gasteiger charge is -2.27. The number of halogens is 1. The zero-order valence-corrected chi connectivity index (χ0v) is 19.8. The largest absolute Gasteiger partial charge is 0.378 e. The second-order valence-electron chi connectivity index (χ2n) is 7.88. The third kappa shape index (κ3) is 5.76. The van der Waals surface area contributed by atoms with Gasteiger partial charge in [-0.3, -0.25) is 9.97 Å². The van der Waals surface area contributed by atoms with Gasteiger partial charge in [0.05, 0.1) is 53.6 Å². The van der Waals surface area contributed by atoms with Crippen molar-refractivity contribution in [3.8, 4) is 10.4 Å². The fraction of sp³-hybridized carbons (Fsp3) is 0.208. The summed E-state index contributed by atoms with van der Waals surface area (Å²) in [4.78, 5) is 19.7. The van der Waals surface area contributed by atoms with Crippen LogP contribution in [0.5, 0.6) is 0 Å².